The number of hydrogen-bond donors (Lipinski definition) is 3. The minimum absolute atomic E-state index is 0.537. The van der Waals surface area contributed by atoms with Gasteiger partial charge >= 0.3 is 0 Å². The van der Waals surface area contributed by atoms with E-state index in [4.69, 9.17) is 9.97 Å². The molecule has 5 heteroatoms. The van der Waals surface area contributed by atoms with Crippen LogP contribution in [-0.2, 0) is 25.7 Å². The van der Waals surface area contributed by atoms with E-state index in [1.54, 1.807) is 0 Å². The van der Waals surface area contributed by atoms with Crippen LogP contribution in [0.2, 0.25) is 0 Å². The highest BCUT2D eigenvalue weighted by Crippen LogP contribution is 2.38. The molecule has 0 spiro atoms. The molecule has 0 unspecified atom stereocenters. The summed E-state index contributed by atoms with van der Waals surface area (Å²) in [5.74, 6) is 0.537. The molecular weight excluding hydrogens is 637 g/mol. The van der Waals surface area contributed by atoms with E-state index < -0.39 is 0 Å². The Bertz CT molecular complexity index is 2090. The molecule has 8 rings (SSSR count). The second-order valence-corrected chi connectivity index (χ2v) is 15.6. The van der Waals surface area contributed by atoms with Gasteiger partial charge in [-0.05, 0) is 179 Å². The molecule has 4 aliphatic heterocycles. The van der Waals surface area contributed by atoms with E-state index in [0.29, 0.717) is 5.75 Å². The fourth-order valence-electron chi connectivity index (χ4n) is 9.01. The van der Waals surface area contributed by atoms with E-state index in [1.807, 2.05) is 0 Å². The van der Waals surface area contributed by atoms with Crippen molar-refractivity contribution in [3.63, 3.8) is 0 Å². The largest absolute Gasteiger partial charge is 0.507 e. The molecule has 0 saturated heterocycles. The molecule has 0 saturated carbocycles. The summed E-state index contributed by atoms with van der Waals surface area (Å²) >= 11 is 0. The molecule has 3 aromatic heterocycles. The van der Waals surface area contributed by atoms with Crippen LogP contribution in [0.4, 0.5) is 0 Å². The van der Waals surface area contributed by atoms with Crippen LogP contribution in [-0.4, -0.2) is 25.0 Å². The van der Waals surface area contributed by atoms with Crippen molar-refractivity contribution in [2.45, 2.75) is 138 Å². The summed E-state index contributed by atoms with van der Waals surface area (Å²) in [6, 6.07) is 13.6. The molecule has 4 aromatic rings. The summed E-state index contributed by atoms with van der Waals surface area (Å²) in [4.78, 5) is 18.4. The Balaban J connectivity index is 1.40. The zero-order valence-electron chi connectivity index (χ0n) is 32.7. The van der Waals surface area contributed by atoms with Gasteiger partial charge in [-0.15, -0.1) is 0 Å². The van der Waals surface area contributed by atoms with Crippen LogP contribution in [0.5, 0.6) is 5.75 Å². The Labute approximate surface area is 310 Å². The minimum atomic E-state index is 0.537. The van der Waals surface area contributed by atoms with Crippen molar-refractivity contribution in [1.29, 1.82) is 0 Å². The number of nitrogens with zero attached hydrogens (tertiary/aromatic N) is 2. The molecule has 7 heterocycles. The maximum atomic E-state index is 11.2. The highest BCUT2D eigenvalue weighted by molar-refractivity contribution is 5.95. The van der Waals surface area contributed by atoms with Crippen LogP contribution in [0.3, 0.4) is 0 Å². The number of phenols is 1. The second-order valence-electron chi connectivity index (χ2n) is 15.6. The zero-order chi connectivity index (χ0) is 36.5. The van der Waals surface area contributed by atoms with Crippen LogP contribution in [0.1, 0.15) is 154 Å². The Morgan fingerprint density at radius 1 is 0.500 bits per heavy atom. The molecule has 3 N–H and O–H groups in total. The molecule has 52 heavy (non-hydrogen) atoms. The van der Waals surface area contributed by atoms with Crippen molar-refractivity contribution in [2.75, 3.05) is 0 Å². The molecule has 272 valence electrons. The number of benzene rings is 1. The first kappa shape index (κ1) is 36.0. The SMILES string of the molecule is CCc1c(C)c2cc3nc4cc5[nH]c(cc6nc(cc1[nH]2)C(=C6C)CCCCCCc1cc(C)cc(c1O)CCCCCCC4=C3C)c(C)c5CC. The van der Waals surface area contributed by atoms with Gasteiger partial charge < -0.3 is 15.1 Å². The summed E-state index contributed by atoms with van der Waals surface area (Å²) in [6.07, 6.45) is 14.8. The lowest BCUT2D eigenvalue weighted by atomic mass is 9.95. The molecule has 4 aliphatic rings. The second kappa shape index (κ2) is 15.3. The van der Waals surface area contributed by atoms with Gasteiger partial charge in [0.15, 0.2) is 0 Å². The number of allylic oxidation sites excluding steroid dienone is 4. The molecule has 0 amide bonds. The smallest absolute Gasteiger partial charge is 0.121 e. The van der Waals surface area contributed by atoms with Gasteiger partial charge in [-0.1, -0.05) is 57.2 Å². The number of rotatable bonds is 2. The molecule has 1 aromatic carbocycles. The van der Waals surface area contributed by atoms with E-state index in [2.05, 4.69) is 94.8 Å². The molecule has 12 bridgehead atoms. The van der Waals surface area contributed by atoms with Crippen molar-refractivity contribution in [1.82, 2.24) is 19.9 Å². The summed E-state index contributed by atoms with van der Waals surface area (Å²) < 4.78 is 0. The molecule has 5 nitrogen and oxygen atoms in total. The number of aromatic nitrogens is 4. The van der Waals surface area contributed by atoms with Gasteiger partial charge in [0, 0.05) is 22.1 Å². The van der Waals surface area contributed by atoms with Crippen molar-refractivity contribution < 1.29 is 5.11 Å². The lowest BCUT2D eigenvalue weighted by Gasteiger charge is -2.12. The molecule has 0 aliphatic carbocycles. The third-order valence-corrected chi connectivity index (χ3v) is 12.2. The van der Waals surface area contributed by atoms with Crippen LogP contribution in [0.25, 0.3) is 44.4 Å². The summed E-state index contributed by atoms with van der Waals surface area (Å²) in [7, 11) is 0. The van der Waals surface area contributed by atoms with E-state index >= 15 is 0 Å². The minimum Gasteiger partial charge on any atom is -0.507 e. The maximum Gasteiger partial charge on any atom is 0.121 e. The number of H-pyrrole nitrogens is 2. The monoisotopic (exact) mass is 694 g/mol. The first-order chi connectivity index (χ1) is 25.2. The van der Waals surface area contributed by atoms with Crippen LogP contribution >= 0.6 is 0 Å². The highest BCUT2D eigenvalue weighted by atomic mass is 16.3. The quantitative estimate of drug-likeness (QED) is 0.195. The standard InChI is InChI=1S/C47H58N4O/c1-8-35-29(4)39-24-41-32(7)38-21-17-13-11-15-19-34-23-28(3)22-33(47(34)52)18-14-10-12-16-20-37-31(6)42(50-45(37)26-43(35)48-39)25-40-30(5)36(9-2)44(49-40)27-46(38)51-41/h22-27,48-49,52H,8-21H2,1-7H3. The third kappa shape index (κ3) is 7.04. The van der Waals surface area contributed by atoms with Crippen molar-refractivity contribution in [3.05, 3.63) is 98.1 Å². The van der Waals surface area contributed by atoms with Gasteiger partial charge in [0.2, 0.25) is 0 Å². The first-order valence-corrected chi connectivity index (χ1v) is 20.1. The zero-order valence-corrected chi connectivity index (χ0v) is 32.7. The van der Waals surface area contributed by atoms with Crippen molar-refractivity contribution in [2.24, 2.45) is 0 Å². The van der Waals surface area contributed by atoms with Gasteiger partial charge in [0.25, 0.3) is 0 Å². The number of hydrogen-bond acceptors (Lipinski definition) is 3. The number of phenolic OH excluding ortho intramolecular Hbond substituents is 1. The summed E-state index contributed by atoms with van der Waals surface area (Å²) in [5.41, 5.74) is 23.0. The Hall–Kier alpha value is -4.38. The number of nitrogens with one attached hydrogen (secondary N) is 2. The average molecular weight is 695 g/mol. The van der Waals surface area contributed by atoms with E-state index in [0.717, 1.165) is 146 Å². The molecule has 0 fully saturated rings. The summed E-state index contributed by atoms with van der Waals surface area (Å²) in [5, 5.41) is 11.2. The number of aryl methyl sites for hydroxylation is 7. The van der Waals surface area contributed by atoms with Crippen LogP contribution in [0.15, 0.2) is 36.4 Å². The van der Waals surface area contributed by atoms with Gasteiger partial charge in [0.05, 0.1) is 22.8 Å². The average Bonchev–Trinajstić information content (AvgIpc) is 3.78. The van der Waals surface area contributed by atoms with Gasteiger partial charge in [-0.3, -0.25) is 0 Å². The normalized spacial score (nSPS) is 16.3. The lowest BCUT2D eigenvalue weighted by molar-refractivity contribution is 0.457. The lowest BCUT2D eigenvalue weighted by Crippen LogP contribution is -1.95. The topological polar surface area (TPSA) is 77.6 Å². The first-order valence-electron chi connectivity index (χ1n) is 20.1. The predicted molar refractivity (Wildman–Crippen MR) is 221 cm³/mol. The van der Waals surface area contributed by atoms with Crippen LogP contribution in [0, 0.1) is 20.8 Å². The van der Waals surface area contributed by atoms with Crippen molar-refractivity contribution in [3.8, 4) is 5.75 Å². The van der Waals surface area contributed by atoms with Crippen LogP contribution < -0.4 is 0 Å². The van der Waals surface area contributed by atoms with Gasteiger partial charge in [-0.2, -0.15) is 0 Å². The predicted octanol–water partition coefficient (Wildman–Crippen LogP) is 12.6. The van der Waals surface area contributed by atoms with Gasteiger partial charge in [0.1, 0.15) is 5.75 Å². The Morgan fingerprint density at radius 2 is 0.885 bits per heavy atom. The molecular formula is C47H58N4O. The van der Waals surface area contributed by atoms with E-state index in [9.17, 15) is 5.11 Å². The molecule has 0 atom stereocenters. The fraction of sp³-hybridized carbons (Fsp3) is 0.447. The van der Waals surface area contributed by atoms with Crippen molar-refractivity contribution >= 4 is 44.4 Å². The third-order valence-electron chi connectivity index (χ3n) is 12.2. The Morgan fingerprint density at radius 3 is 1.29 bits per heavy atom. The van der Waals surface area contributed by atoms with E-state index in [-0.39, 0.29) is 0 Å². The number of fused-ring (bicyclic) bond motifs is 10. The maximum absolute atomic E-state index is 11.2. The van der Waals surface area contributed by atoms with Gasteiger partial charge in [-0.25, -0.2) is 9.97 Å². The Kier molecular flexibility index (Phi) is 10.6. The highest BCUT2D eigenvalue weighted by Gasteiger charge is 2.21. The summed E-state index contributed by atoms with van der Waals surface area (Å²) in [6.45, 7) is 15.7. The number of aromatic amines is 2. The fourth-order valence-corrected chi connectivity index (χ4v) is 9.01. The number of aromatic hydroxyl groups is 1. The van der Waals surface area contributed by atoms with E-state index in [1.165, 1.54) is 50.1 Å². The molecule has 0 radical (unpaired) electrons.